The largest absolute Gasteiger partial charge is 0.367 e. The minimum Gasteiger partial charge on any atom is -0.367 e. The predicted molar refractivity (Wildman–Crippen MR) is 67.3 cm³/mol. The highest BCUT2D eigenvalue weighted by Crippen LogP contribution is 2.19. The second-order valence-electron chi connectivity index (χ2n) is 4.77. The Morgan fingerprint density at radius 2 is 2.39 bits per heavy atom. The standard InChI is InChI=1S/C12H22N4O2/c1-4-9(13-2)7-11-14-12(15-18-11)10-8-16(3)5-6-17-10/h9-10,13H,4-8H2,1-3H3. The smallest absolute Gasteiger partial charge is 0.228 e. The summed E-state index contributed by atoms with van der Waals surface area (Å²) in [5.74, 6) is 1.35. The fraction of sp³-hybridized carbons (Fsp3) is 0.833. The molecule has 2 unspecified atom stereocenters. The van der Waals surface area contributed by atoms with Gasteiger partial charge in [-0.15, -0.1) is 0 Å². The van der Waals surface area contributed by atoms with Crippen LogP contribution >= 0.6 is 0 Å². The molecule has 1 fully saturated rings. The summed E-state index contributed by atoms with van der Waals surface area (Å²) in [6, 6.07) is 0.383. The molecule has 1 N–H and O–H groups in total. The van der Waals surface area contributed by atoms with Gasteiger partial charge in [-0.3, -0.25) is 0 Å². The van der Waals surface area contributed by atoms with Gasteiger partial charge in [0.05, 0.1) is 6.61 Å². The van der Waals surface area contributed by atoms with Crippen molar-refractivity contribution in [3.8, 4) is 0 Å². The van der Waals surface area contributed by atoms with Crippen LogP contribution in [0.3, 0.4) is 0 Å². The zero-order chi connectivity index (χ0) is 13.0. The number of rotatable bonds is 5. The third-order valence-corrected chi connectivity index (χ3v) is 3.36. The zero-order valence-corrected chi connectivity index (χ0v) is 11.3. The Bertz CT molecular complexity index is 365. The molecule has 0 aromatic carbocycles. The van der Waals surface area contributed by atoms with Crippen LogP contribution in [0.4, 0.5) is 0 Å². The summed E-state index contributed by atoms with van der Waals surface area (Å²) in [5.41, 5.74) is 0. The molecule has 0 saturated carbocycles. The maximum Gasteiger partial charge on any atom is 0.228 e. The van der Waals surface area contributed by atoms with Crippen molar-refractivity contribution < 1.29 is 9.26 Å². The van der Waals surface area contributed by atoms with Crippen LogP contribution < -0.4 is 5.32 Å². The molecular weight excluding hydrogens is 232 g/mol. The second-order valence-corrected chi connectivity index (χ2v) is 4.77. The molecule has 1 aliphatic rings. The normalized spacial score (nSPS) is 23.2. The highest BCUT2D eigenvalue weighted by Gasteiger charge is 2.24. The summed E-state index contributed by atoms with van der Waals surface area (Å²) in [4.78, 5) is 6.65. The molecule has 6 heteroatoms. The Hall–Kier alpha value is -0.980. The highest BCUT2D eigenvalue weighted by atomic mass is 16.5. The number of aromatic nitrogens is 2. The summed E-state index contributed by atoms with van der Waals surface area (Å²) < 4.78 is 11.0. The van der Waals surface area contributed by atoms with Crippen LogP contribution in [0.2, 0.25) is 0 Å². The van der Waals surface area contributed by atoms with E-state index in [-0.39, 0.29) is 6.10 Å². The van der Waals surface area contributed by atoms with Crippen LogP contribution in [0.1, 0.15) is 31.2 Å². The van der Waals surface area contributed by atoms with Gasteiger partial charge in [0, 0.05) is 25.6 Å². The molecule has 0 bridgehead atoms. The Morgan fingerprint density at radius 1 is 1.56 bits per heavy atom. The molecule has 18 heavy (non-hydrogen) atoms. The van der Waals surface area contributed by atoms with Crippen molar-refractivity contribution in [1.29, 1.82) is 0 Å². The van der Waals surface area contributed by atoms with E-state index in [1.807, 2.05) is 7.05 Å². The molecule has 0 radical (unpaired) electrons. The number of hydrogen-bond acceptors (Lipinski definition) is 6. The Kier molecular flexibility index (Phi) is 4.68. The number of morpholine rings is 1. The lowest BCUT2D eigenvalue weighted by Gasteiger charge is -2.27. The summed E-state index contributed by atoms with van der Waals surface area (Å²) >= 11 is 0. The third kappa shape index (κ3) is 3.28. The van der Waals surface area contributed by atoms with E-state index in [1.54, 1.807) is 0 Å². The minimum absolute atomic E-state index is 0.0593. The van der Waals surface area contributed by atoms with Crippen molar-refractivity contribution in [3.63, 3.8) is 0 Å². The first-order chi connectivity index (χ1) is 8.72. The summed E-state index contributed by atoms with van der Waals surface area (Å²) in [7, 11) is 4.02. The molecule has 1 saturated heterocycles. The van der Waals surface area contributed by atoms with Crippen LogP contribution in [0, 0.1) is 0 Å². The van der Waals surface area contributed by atoms with Crippen molar-refractivity contribution in [2.24, 2.45) is 0 Å². The Morgan fingerprint density at radius 3 is 3.06 bits per heavy atom. The van der Waals surface area contributed by atoms with Gasteiger partial charge in [0.1, 0.15) is 6.10 Å². The van der Waals surface area contributed by atoms with Crippen molar-refractivity contribution in [2.45, 2.75) is 31.9 Å². The minimum atomic E-state index is -0.0593. The first-order valence-electron chi connectivity index (χ1n) is 6.52. The number of likely N-dealkylation sites (N-methyl/N-ethyl adjacent to an activating group) is 2. The molecule has 1 aliphatic heterocycles. The van der Waals surface area contributed by atoms with Gasteiger partial charge in [0.2, 0.25) is 11.7 Å². The zero-order valence-electron chi connectivity index (χ0n) is 11.3. The molecule has 6 nitrogen and oxygen atoms in total. The van der Waals surface area contributed by atoms with E-state index >= 15 is 0 Å². The van der Waals surface area contributed by atoms with E-state index < -0.39 is 0 Å². The van der Waals surface area contributed by atoms with Crippen LogP contribution in [0.15, 0.2) is 4.52 Å². The lowest BCUT2D eigenvalue weighted by molar-refractivity contribution is -0.0264. The van der Waals surface area contributed by atoms with Crippen LogP contribution in [-0.4, -0.2) is 54.9 Å². The maximum absolute atomic E-state index is 5.66. The van der Waals surface area contributed by atoms with Gasteiger partial charge < -0.3 is 19.5 Å². The Labute approximate surface area is 108 Å². The van der Waals surface area contributed by atoms with E-state index in [0.29, 0.717) is 17.8 Å². The van der Waals surface area contributed by atoms with E-state index in [4.69, 9.17) is 9.26 Å². The monoisotopic (exact) mass is 254 g/mol. The molecule has 2 heterocycles. The third-order valence-electron chi connectivity index (χ3n) is 3.36. The molecule has 2 atom stereocenters. The van der Waals surface area contributed by atoms with Crippen molar-refractivity contribution >= 4 is 0 Å². The summed E-state index contributed by atoms with van der Waals surface area (Å²) in [6.45, 7) is 4.64. The van der Waals surface area contributed by atoms with Crippen molar-refractivity contribution in [1.82, 2.24) is 20.4 Å². The van der Waals surface area contributed by atoms with Gasteiger partial charge in [-0.2, -0.15) is 4.98 Å². The molecule has 2 rings (SSSR count). The fourth-order valence-corrected chi connectivity index (χ4v) is 2.08. The second kappa shape index (κ2) is 6.26. The quantitative estimate of drug-likeness (QED) is 0.831. The van der Waals surface area contributed by atoms with E-state index in [0.717, 1.165) is 32.5 Å². The van der Waals surface area contributed by atoms with Gasteiger partial charge in [-0.1, -0.05) is 12.1 Å². The van der Waals surface area contributed by atoms with Gasteiger partial charge >= 0.3 is 0 Å². The molecule has 0 amide bonds. The predicted octanol–water partition coefficient (Wildman–Crippen LogP) is 0.613. The van der Waals surface area contributed by atoms with Gasteiger partial charge in [0.15, 0.2) is 0 Å². The molecule has 102 valence electrons. The summed E-state index contributed by atoms with van der Waals surface area (Å²) in [6.07, 6.45) is 1.75. The lowest BCUT2D eigenvalue weighted by atomic mass is 10.1. The topological polar surface area (TPSA) is 63.4 Å². The number of hydrogen-bond donors (Lipinski definition) is 1. The van der Waals surface area contributed by atoms with Gasteiger partial charge in [-0.05, 0) is 20.5 Å². The lowest BCUT2D eigenvalue weighted by Crippen LogP contribution is -2.35. The Balaban J connectivity index is 1.96. The average molecular weight is 254 g/mol. The van der Waals surface area contributed by atoms with Crippen LogP contribution in [-0.2, 0) is 11.2 Å². The van der Waals surface area contributed by atoms with Crippen LogP contribution in [0.25, 0.3) is 0 Å². The number of nitrogens with one attached hydrogen (secondary N) is 1. The first-order valence-corrected chi connectivity index (χ1v) is 6.52. The SMILES string of the molecule is CCC(Cc1nc(C2CN(C)CCO2)no1)NC. The summed E-state index contributed by atoms with van der Waals surface area (Å²) in [5, 5.41) is 7.26. The maximum atomic E-state index is 5.66. The van der Waals surface area contributed by atoms with Crippen molar-refractivity contribution in [3.05, 3.63) is 11.7 Å². The molecule has 0 spiro atoms. The molecule has 1 aromatic rings. The molecule has 0 aliphatic carbocycles. The highest BCUT2D eigenvalue weighted by molar-refractivity contribution is 4.95. The van der Waals surface area contributed by atoms with E-state index in [2.05, 4.69) is 34.3 Å². The fourth-order valence-electron chi connectivity index (χ4n) is 2.08. The van der Waals surface area contributed by atoms with Gasteiger partial charge in [0.25, 0.3) is 0 Å². The van der Waals surface area contributed by atoms with E-state index in [9.17, 15) is 0 Å². The number of ether oxygens (including phenoxy) is 1. The number of nitrogens with zero attached hydrogens (tertiary/aromatic N) is 3. The van der Waals surface area contributed by atoms with Gasteiger partial charge in [-0.25, -0.2) is 0 Å². The van der Waals surface area contributed by atoms with E-state index in [1.165, 1.54) is 0 Å². The first kappa shape index (κ1) is 13.5. The van der Waals surface area contributed by atoms with Crippen molar-refractivity contribution in [2.75, 3.05) is 33.8 Å². The van der Waals surface area contributed by atoms with Crippen LogP contribution in [0.5, 0.6) is 0 Å². The average Bonchev–Trinajstić information content (AvgIpc) is 2.84. The molecule has 1 aromatic heterocycles. The molecular formula is C12H22N4O2.